The van der Waals surface area contributed by atoms with Crippen LogP contribution in [0.3, 0.4) is 0 Å². The van der Waals surface area contributed by atoms with Crippen LogP contribution >= 0.6 is 23.1 Å². The highest BCUT2D eigenvalue weighted by Crippen LogP contribution is 2.41. The number of halogens is 1. The minimum Gasteiger partial charge on any atom is -0.462 e. The summed E-state index contributed by atoms with van der Waals surface area (Å²) < 4.78 is 25.8. The number of ether oxygens (including phenoxy) is 1. The van der Waals surface area contributed by atoms with E-state index in [-0.39, 0.29) is 12.4 Å². The molecule has 1 fully saturated rings. The molecule has 0 aliphatic heterocycles. The molecule has 0 bridgehead atoms. The first-order chi connectivity index (χ1) is 12.2. The summed E-state index contributed by atoms with van der Waals surface area (Å²) in [6.07, 6.45) is 2.17. The monoisotopic (exact) mass is 378 g/mol. The number of carbonyl (C=O) groups excluding carboxylic acids is 1. The zero-order valence-corrected chi connectivity index (χ0v) is 15.1. The molecule has 1 aliphatic rings. The minimum atomic E-state index is -0.428. The van der Waals surface area contributed by atoms with Gasteiger partial charge in [0.15, 0.2) is 0 Å². The lowest BCUT2D eigenvalue weighted by Crippen LogP contribution is -2.05. The third-order valence-corrected chi connectivity index (χ3v) is 5.94. The molecule has 2 heterocycles. The number of thiophene rings is 1. The molecule has 2 aromatic heterocycles. The summed E-state index contributed by atoms with van der Waals surface area (Å²) in [6.45, 7) is 2.02. The fraction of sp³-hybridized carbons (Fsp3) is 0.353. The highest BCUT2D eigenvalue weighted by atomic mass is 32.2. The van der Waals surface area contributed by atoms with Gasteiger partial charge in [-0.15, -0.1) is 21.5 Å². The van der Waals surface area contributed by atoms with E-state index >= 15 is 0 Å². The van der Waals surface area contributed by atoms with E-state index in [0.717, 1.165) is 17.5 Å². The van der Waals surface area contributed by atoms with E-state index in [4.69, 9.17) is 9.15 Å². The summed E-state index contributed by atoms with van der Waals surface area (Å²) in [5, 5.41) is 8.97. The van der Waals surface area contributed by atoms with Crippen molar-refractivity contribution in [1.29, 1.82) is 0 Å². The summed E-state index contributed by atoms with van der Waals surface area (Å²) in [5.74, 6) is 0.638. The Balaban J connectivity index is 1.65. The molecule has 0 spiro atoms. The van der Waals surface area contributed by atoms with Crippen molar-refractivity contribution in [2.75, 3.05) is 6.61 Å². The highest BCUT2D eigenvalue weighted by Gasteiger charge is 2.29. The topological polar surface area (TPSA) is 65.2 Å². The Morgan fingerprint density at radius 3 is 3.04 bits per heavy atom. The van der Waals surface area contributed by atoms with E-state index in [2.05, 4.69) is 10.2 Å². The van der Waals surface area contributed by atoms with Crippen LogP contribution in [0.4, 0.5) is 4.39 Å². The Bertz CT molecular complexity index is 933. The summed E-state index contributed by atoms with van der Waals surface area (Å²) in [7, 11) is 0. The van der Waals surface area contributed by atoms with Crippen molar-refractivity contribution in [2.45, 2.75) is 36.7 Å². The van der Waals surface area contributed by atoms with Crippen molar-refractivity contribution in [3.63, 3.8) is 0 Å². The summed E-state index contributed by atoms with van der Waals surface area (Å²) in [4.78, 5) is 12.7. The van der Waals surface area contributed by atoms with E-state index in [1.807, 2.05) is 0 Å². The Kier molecular flexibility index (Phi) is 4.47. The van der Waals surface area contributed by atoms with Crippen molar-refractivity contribution < 1.29 is 18.3 Å². The Hall–Kier alpha value is -1.93. The smallest absolute Gasteiger partial charge is 0.348 e. The molecule has 0 N–H and O–H groups in total. The van der Waals surface area contributed by atoms with Crippen LogP contribution in [0.2, 0.25) is 0 Å². The van der Waals surface area contributed by atoms with Crippen LogP contribution in [0.1, 0.15) is 46.8 Å². The van der Waals surface area contributed by atoms with Crippen LogP contribution < -0.4 is 0 Å². The highest BCUT2D eigenvalue weighted by molar-refractivity contribution is 7.98. The molecule has 1 aliphatic carbocycles. The van der Waals surface area contributed by atoms with Crippen LogP contribution in [-0.2, 0) is 10.5 Å². The molecule has 0 saturated heterocycles. The lowest BCUT2D eigenvalue weighted by molar-refractivity contribution is 0.0531. The molecular formula is C17H15FN2O3S2. The summed E-state index contributed by atoms with van der Waals surface area (Å²) in [6, 6.07) is 4.84. The Morgan fingerprint density at radius 1 is 1.44 bits per heavy atom. The van der Waals surface area contributed by atoms with Gasteiger partial charge in [0.05, 0.1) is 6.61 Å². The van der Waals surface area contributed by atoms with Crippen molar-refractivity contribution >= 4 is 39.2 Å². The number of aromatic nitrogens is 2. The fourth-order valence-electron chi connectivity index (χ4n) is 2.57. The van der Waals surface area contributed by atoms with Gasteiger partial charge in [-0.1, -0.05) is 17.8 Å². The van der Waals surface area contributed by atoms with Crippen LogP contribution in [0, 0.1) is 5.82 Å². The molecule has 4 rings (SSSR count). The zero-order valence-electron chi connectivity index (χ0n) is 13.5. The predicted octanol–water partition coefficient (Wildman–Crippen LogP) is 4.77. The molecule has 5 nitrogen and oxygen atoms in total. The van der Waals surface area contributed by atoms with Gasteiger partial charge < -0.3 is 9.15 Å². The minimum absolute atomic E-state index is 0.274. The number of thioether (sulfide) groups is 1. The van der Waals surface area contributed by atoms with Gasteiger partial charge >= 0.3 is 5.97 Å². The average molecular weight is 378 g/mol. The van der Waals surface area contributed by atoms with E-state index in [0.29, 0.717) is 38.6 Å². The number of carbonyl (C=O) groups is 1. The largest absolute Gasteiger partial charge is 0.462 e. The predicted molar refractivity (Wildman–Crippen MR) is 93.6 cm³/mol. The summed E-state index contributed by atoms with van der Waals surface area (Å²) in [5.41, 5.74) is 0.618. The molecule has 25 heavy (non-hydrogen) atoms. The zero-order chi connectivity index (χ0) is 17.4. The van der Waals surface area contributed by atoms with Gasteiger partial charge in [-0.2, -0.15) is 0 Å². The quantitative estimate of drug-likeness (QED) is 0.455. The van der Waals surface area contributed by atoms with Crippen molar-refractivity contribution in [2.24, 2.45) is 0 Å². The second-order valence-electron chi connectivity index (χ2n) is 5.71. The maximum Gasteiger partial charge on any atom is 0.348 e. The number of hydrogen-bond acceptors (Lipinski definition) is 7. The normalized spacial score (nSPS) is 14.2. The van der Waals surface area contributed by atoms with Crippen LogP contribution in [-0.4, -0.2) is 22.8 Å². The second-order valence-corrected chi connectivity index (χ2v) is 7.69. The Labute approximate surface area is 151 Å². The van der Waals surface area contributed by atoms with Crippen molar-refractivity contribution in [1.82, 2.24) is 10.2 Å². The second kappa shape index (κ2) is 6.76. The van der Waals surface area contributed by atoms with E-state index < -0.39 is 5.97 Å². The number of fused-ring (bicyclic) bond motifs is 1. The molecule has 0 unspecified atom stereocenters. The average Bonchev–Trinajstić information content (AvgIpc) is 3.21. The first-order valence-corrected chi connectivity index (χ1v) is 9.80. The molecule has 0 radical (unpaired) electrons. The van der Waals surface area contributed by atoms with Gasteiger partial charge in [0, 0.05) is 21.8 Å². The van der Waals surface area contributed by atoms with Crippen LogP contribution in [0.15, 0.2) is 27.8 Å². The number of hydrogen-bond donors (Lipinski definition) is 0. The maximum absolute atomic E-state index is 14.3. The fourth-order valence-corrected chi connectivity index (χ4v) is 4.59. The van der Waals surface area contributed by atoms with Gasteiger partial charge in [-0.25, -0.2) is 9.18 Å². The molecule has 1 aromatic carbocycles. The molecular weight excluding hydrogens is 363 g/mol. The molecule has 0 atom stereocenters. The Morgan fingerprint density at radius 2 is 2.28 bits per heavy atom. The maximum atomic E-state index is 14.3. The number of benzene rings is 1. The van der Waals surface area contributed by atoms with Crippen molar-refractivity contribution in [3.05, 3.63) is 40.3 Å². The van der Waals surface area contributed by atoms with Crippen LogP contribution in [0.25, 0.3) is 10.1 Å². The van der Waals surface area contributed by atoms with Gasteiger partial charge in [-0.05, 0) is 37.5 Å². The lowest BCUT2D eigenvalue weighted by atomic mass is 10.1. The standard InChI is InChI=1S/C17H15FN2O3S2/c1-2-22-16(21)14-10(13-11(18)4-3-5-12(13)25-14)8-24-17-20-19-15(23-17)9-6-7-9/h3-5,9H,2,6-8H2,1H3. The van der Waals surface area contributed by atoms with E-state index in [1.54, 1.807) is 19.1 Å². The molecule has 130 valence electrons. The van der Waals surface area contributed by atoms with Gasteiger partial charge in [0.25, 0.3) is 5.22 Å². The van der Waals surface area contributed by atoms with Crippen LogP contribution in [0.5, 0.6) is 0 Å². The number of nitrogens with zero attached hydrogens (tertiary/aromatic N) is 2. The van der Waals surface area contributed by atoms with E-state index in [9.17, 15) is 9.18 Å². The summed E-state index contributed by atoms with van der Waals surface area (Å²) >= 11 is 2.56. The molecule has 3 aromatic rings. The molecule has 0 amide bonds. The first kappa shape index (κ1) is 16.5. The lowest BCUT2D eigenvalue weighted by Gasteiger charge is -2.03. The van der Waals surface area contributed by atoms with Gasteiger partial charge in [-0.3, -0.25) is 0 Å². The number of rotatable bonds is 6. The van der Waals surface area contributed by atoms with E-state index in [1.165, 1.54) is 29.2 Å². The third kappa shape index (κ3) is 3.28. The molecule has 1 saturated carbocycles. The van der Waals surface area contributed by atoms with Crippen molar-refractivity contribution in [3.8, 4) is 0 Å². The SMILES string of the molecule is CCOC(=O)c1sc2cccc(F)c2c1CSc1nnc(C2CC2)o1. The first-order valence-electron chi connectivity index (χ1n) is 8.00. The third-order valence-electron chi connectivity index (χ3n) is 3.91. The van der Waals surface area contributed by atoms with Gasteiger partial charge in [0.2, 0.25) is 5.89 Å². The number of esters is 1. The molecule has 8 heteroatoms. The van der Waals surface area contributed by atoms with Gasteiger partial charge in [0.1, 0.15) is 10.7 Å².